The van der Waals surface area contributed by atoms with E-state index in [1.807, 2.05) is 0 Å². The van der Waals surface area contributed by atoms with Crippen molar-refractivity contribution >= 4 is 0 Å². The summed E-state index contributed by atoms with van der Waals surface area (Å²) in [4.78, 5) is 2.31. The Kier molecular flexibility index (Phi) is 6.10. The number of benzene rings is 2. The van der Waals surface area contributed by atoms with Crippen molar-refractivity contribution in [2.75, 3.05) is 19.6 Å². The van der Waals surface area contributed by atoms with Gasteiger partial charge in [0, 0.05) is 6.54 Å². The first-order valence-corrected chi connectivity index (χ1v) is 9.53. The topological polar surface area (TPSA) is 23.5 Å². The number of piperidine rings is 1. The summed E-state index contributed by atoms with van der Waals surface area (Å²) in [6, 6.07) is 11.3. The third-order valence-electron chi connectivity index (χ3n) is 5.81. The summed E-state index contributed by atoms with van der Waals surface area (Å²) in [6.07, 6.45) is -1.99. The fourth-order valence-corrected chi connectivity index (χ4v) is 3.89. The minimum Gasteiger partial charge on any atom is -0.385 e. The van der Waals surface area contributed by atoms with E-state index in [1.54, 1.807) is 19.1 Å². The predicted molar refractivity (Wildman–Crippen MR) is 100 cm³/mol. The molecule has 1 fully saturated rings. The number of aliphatic hydroxyl groups is 1. The van der Waals surface area contributed by atoms with Crippen molar-refractivity contribution in [2.45, 2.75) is 38.0 Å². The van der Waals surface area contributed by atoms with Crippen LogP contribution in [0.5, 0.6) is 0 Å². The van der Waals surface area contributed by atoms with Gasteiger partial charge in [-0.1, -0.05) is 24.3 Å². The summed E-state index contributed by atoms with van der Waals surface area (Å²) in [5, 5.41) is 11.0. The van der Waals surface area contributed by atoms with E-state index in [9.17, 15) is 22.7 Å². The molecule has 0 saturated carbocycles. The minimum atomic E-state index is -4.37. The molecule has 0 radical (unpaired) electrons. The Morgan fingerprint density at radius 3 is 2.00 bits per heavy atom. The maximum absolute atomic E-state index is 13.0. The maximum atomic E-state index is 13.0. The first-order valence-electron chi connectivity index (χ1n) is 9.53. The number of alkyl halides is 3. The van der Waals surface area contributed by atoms with Crippen molar-refractivity contribution in [3.63, 3.8) is 0 Å². The molecule has 0 spiro atoms. The molecule has 2 aromatic carbocycles. The normalized spacial score (nSPS) is 18.8. The number of hydrogen-bond donors (Lipinski definition) is 1. The van der Waals surface area contributed by atoms with Crippen LogP contribution in [0.2, 0.25) is 0 Å². The van der Waals surface area contributed by atoms with Gasteiger partial charge in [-0.25, -0.2) is 4.39 Å². The molecule has 1 saturated heterocycles. The Hall–Kier alpha value is -1.92. The van der Waals surface area contributed by atoms with E-state index >= 15 is 0 Å². The van der Waals surface area contributed by atoms with Gasteiger partial charge in [0.15, 0.2) is 0 Å². The van der Waals surface area contributed by atoms with Gasteiger partial charge in [-0.05, 0) is 80.6 Å². The number of halogens is 4. The zero-order valence-electron chi connectivity index (χ0n) is 15.8. The van der Waals surface area contributed by atoms with Crippen LogP contribution < -0.4 is 0 Å². The second-order valence-corrected chi connectivity index (χ2v) is 7.72. The van der Waals surface area contributed by atoms with Crippen LogP contribution in [0.15, 0.2) is 48.5 Å². The maximum Gasteiger partial charge on any atom is 0.416 e. The number of nitrogens with zero attached hydrogens (tertiary/aromatic N) is 1. The zero-order chi connectivity index (χ0) is 20.4. The van der Waals surface area contributed by atoms with Gasteiger partial charge in [-0.3, -0.25) is 0 Å². The second-order valence-electron chi connectivity index (χ2n) is 7.72. The summed E-state index contributed by atoms with van der Waals surface area (Å²) >= 11 is 0. The highest BCUT2D eigenvalue weighted by Crippen LogP contribution is 2.37. The standard InChI is InChI=1S/C22H25F4NO/c1-21(28,17-4-6-19(7-5-17)22(24,25)26)18-11-14-27(15-12-18)13-10-16-2-8-20(23)9-3-16/h2-9,18,28H,10-15H2,1H3. The van der Waals surface area contributed by atoms with E-state index in [2.05, 4.69) is 4.90 Å². The van der Waals surface area contributed by atoms with Crippen LogP contribution in [0, 0.1) is 11.7 Å². The van der Waals surface area contributed by atoms with Crippen LogP contribution in [0.3, 0.4) is 0 Å². The van der Waals surface area contributed by atoms with E-state index < -0.39 is 17.3 Å². The molecule has 1 aliphatic heterocycles. The monoisotopic (exact) mass is 395 g/mol. The summed E-state index contributed by atoms with van der Waals surface area (Å²) in [7, 11) is 0. The van der Waals surface area contributed by atoms with Crippen molar-refractivity contribution in [3.8, 4) is 0 Å². The van der Waals surface area contributed by atoms with Crippen LogP contribution in [0.25, 0.3) is 0 Å². The van der Waals surface area contributed by atoms with E-state index in [1.165, 1.54) is 24.3 Å². The molecule has 1 aliphatic rings. The summed E-state index contributed by atoms with van der Waals surface area (Å²) in [6.45, 7) is 4.19. The van der Waals surface area contributed by atoms with E-state index in [0.717, 1.165) is 56.6 Å². The summed E-state index contributed by atoms with van der Waals surface area (Å²) in [5.74, 6) is -0.249. The van der Waals surface area contributed by atoms with Gasteiger partial charge in [0.25, 0.3) is 0 Å². The molecule has 6 heteroatoms. The van der Waals surface area contributed by atoms with Crippen molar-refractivity contribution in [2.24, 2.45) is 5.92 Å². The van der Waals surface area contributed by atoms with Crippen molar-refractivity contribution in [1.82, 2.24) is 4.90 Å². The molecular formula is C22H25F4NO. The molecule has 1 unspecified atom stereocenters. The third-order valence-corrected chi connectivity index (χ3v) is 5.81. The lowest BCUT2D eigenvalue weighted by Crippen LogP contribution is -2.42. The molecule has 0 amide bonds. The molecule has 3 rings (SSSR count). The molecule has 0 aliphatic carbocycles. The Morgan fingerprint density at radius 2 is 1.46 bits per heavy atom. The van der Waals surface area contributed by atoms with Gasteiger partial charge in [0.1, 0.15) is 5.82 Å². The third kappa shape index (κ3) is 4.92. The van der Waals surface area contributed by atoms with Crippen molar-refractivity contribution in [1.29, 1.82) is 0 Å². The van der Waals surface area contributed by atoms with Gasteiger partial charge >= 0.3 is 6.18 Å². The van der Waals surface area contributed by atoms with Crippen LogP contribution >= 0.6 is 0 Å². The van der Waals surface area contributed by atoms with Gasteiger partial charge < -0.3 is 10.0 Å². The lowest BCUT2D eigenvalue weighted by Gasteiger charge is -2.40. The Balaban J connectivity index is 1.55. The van der Waals surface area contributed by atoms with Gasteiger partial charge in [-0.15, -0.1) is 0 Å². The summed E-state index contributed by atoms with van der Waals surface area (Å²) < 4.78 is 51.2. The molecule has 152 valence electrons. The van der Waals surface area contributed by atoms with Crippen molar-refractivity contribution in [3.05, 3.63) is 71.0 Å². The number of hydrogen-bond acceptors (Lipinski definition) is 2. The Bertz CT molecular complexity index is 761. The predicted octanol–water partition coefficient (Wildman–Crippen LogP) is 5.01. The molecule has 2 nitrogen and oxygen atoms in total. The van der Waals surface area contributed by atoms with E-state index in [0.29, 0.717) is 5.56 Å². The smallest absolute Gasteiger partial charge is 0.385 e. The molecule has 1 heterocycles. The first-order chi connectivity index (χ1) is 13.2. The van der Waals surface area contributed by atoms with Crippen LogP contribution in [0.1, 0.15) is 36.5 Å². The molecule has 1 atom stereocenters. The van der Waals surface area contributed by atoms with Crippen LogP contribution in [-0.4, -0.2) is 29.6 Å². The second kappa shape index (κ2) is 8.21. The average molecular weight is 395 g/mol. The molecule has 1 N–H and O–H groups in total. The lowest BCUT2D eigenvalue weighted by atomic mass is 9.77. The highest BCUT2D eigenvalue weighted by molar-refractivity contribution is 5.29. The average Bonchev–Trinajstić information content (AvgIpc) is 2.67. The quantitative estimate of drug-likeness (QED) is 0.720. The molecule has 2 aromatic rings. The summed E-state index contributed by atoms with van der Waals surface area (Å²) in [5.41, 5.74) is -0.263. The largest absolute Gasteiger partial charge is 0.416 e. The van der Waals surface area contributed by atoms with Gasteiger partial charge in [0.05, 0.1) is 11.2 Å². The Morgan fingerprint density at radius 1 is 0.929 bits per heavy atom. The molecular weight excluding hydrogens is 370 g/mol. The van der Waals surface area contributed by atoms with E-state index in [4.69, 9.17) is 0 Å². The zero-order valence-corrected chi connectivity index (χ0v) is 15.8. The highest BCUT2D eigenvalue weighted by atomic mass is 19.4. The van der Waals surface area contributed by atoms with E-state index in [-0.39, 0.29) is 11.7 Å². The molecule has 0 bridgehead atoms. The van der Waals surface area contributed by atoms with Gasteiger partial charge in [0.2, 0.25) is 0 Å². The fraction of sp³-hybridized carbons (Fsp3) is 0.455. The van der Waals surface area contributed by atoms with Crippen LogP contribution in [-0.2, 0) is 18.2 Å². The SMILES string of the molecule is CC(O)(c1ccc(C(F)(F)F)cc1)C1CCN(CCc2ccc(F)cc2)CC1. The minimum absolute atomic E-state index is 0.00805. The Labute approximate surface area is 162 Å². The molecule has 28 heavy (non-hydrogen) atoms. The molecule has 0 aromatic heterocycles. The van der Waals surface area contributed by atoms with Crippen LogP contribution in [0.4, 0.5) is 17.6 Å². The fourth-order valence-electron chi connectivity index (χ4n) is 3.89. The first kappa shape index (κ1) is 20.8. The van der Waals surface area contributed by atoms with Crippen molar-refractivity contribution < 1.29 is 22.7 Å². The van der Waals surface area contributed by atoms with Gasteiger partial charge in [-0.2, -0.15) is 13.2 Å². The number of rotatable bonds is 5. The number of likely N-dealkylation sites (tertiary alicyclic amines) is 1. The lowest BCUT2D eigenvalue weighted by molar-refractivity contribution is -0.137. The highest BCUT2D eigenvalue weighted by Gasteiger charge is 2.37.